The zero-order valence-electron chi connectivity index (χ0n) is 9.29. The van der Waals surface area contributed by atoms with Crippen molar-refractivity contribution >= 4 is 34.9 Å². The summed E-state index contributed by atoms with van der Waals surface area (Å²) >= 11 is 5.89. The summed E-state index contributed by atoms with van der Waals surface area (Å²) in [4.78, 5) is 24.2. The number of hydrogen-bond acceptors (Lipinski definition) is 3. The number of nitrogens with one attached hydrogen (secondary N) is 1. The molecule has 1 aliphatic rings. The molecule has 0 aliphatic carbocycles. The highest BCUT2D eigenvalue weighted by Gasteiger charge is 2.25. The van der Waals surface area contributed by atoms with Crippen LogP contribution in [0, 0.1) is 6.92 Å². The molecule has 0 atom stereocenters. The number of rotatable bonds is 1. The summed E-state index contributed by atoms with van der Waals surface area (Å²) < 4.78 is 0. The molecule has 0 bridgehead atoms. The van der Waals surface area contributed by atoms with E-state index in [0.717, 1.165) is 5.56 Å². The van der Waals surface area contributed by atoms with E-state index in [9.17, 15) is 9.59 Å². The Morgan fingerprint density at radius 2 is 2.12 bits per heavy atom. The first-order valence-corrected chi connectivity index (χ1v) is 5.54. The van der Waals surface area contributed by atoms with Crippen LogP contribution in [0.2, 0.25) is 5.02 Å². The first kappa shape index (κ1) is 11.7. The summed E-state index contributed by atoms with van der Waals surface area (Å²) in [5.41, 5.74) is 7.64. The highest BCUT2D eigenvalue weighted by Crippen LogP contribution is 2.30. The van der Waals surface area contributed by atoms with Crippen molar-refractivity contribution in [3.63, 3.8) is 0 Å². The average Bonchev–Trinajstić information content (AvgIpc) is 2.24. The third-order valence-corrected chi connectivity index (χ3v) is 2.99. The van der Waals surface area contributed by atoms with Gasteiger partial charge in [-0.15, -0.1) is 0 Å². The minimum Gasteiger partial charge on any atom is -0.397 e. The second-order valence-electron chi connectivity index (χ2n) is 3.92. The van der Waals surface area contributed by atoms with Gasteiger partial charge in [-0.1, -0.05) is 11.6 Å². The Morgan fingerprint density at radius 3 is 2.76 bits per heavy atom. The molecule has 0 aromatic heterocycles. The van der Waals surface area contributed by atoms with Gasteiger partial charge in [0.2, 0.25) is 5.91 Å². The number of nitrogens with zero attached hydrogens (tertiary/aromatic N) is 1. The van der Waals surface area contributed by atoms with Crippen LogP contribution in [0.5, 0.6) is 0 Å². The molecule has 1 fully saturated rings. The fourth-order valence-electron chi connectivity index (χ4n) is 1.76. The van der Waals surface area contributed by atoms with Gasteiger partial charge >= 0.3 is 6.03 Å². The van der Waals surface area contributed by atoms with Gasteiger partial charge < -0.3 is 5.73 Å². The van der Waals surface area contributed by atoms with Crippen LogP contribution in [0.4, 0.5) is 16.2 Å². The molecule has 0 unspecified atom stereocenters. The number of nitrogen functional groups attached to an aromatic ring is 1. The van der Waals surface area contributed by atoms with Crippen molar-refractivity contribution in [1.29, 1.82) is 0 Å². The lowest BCUT2D eigenvalue weighted by atomic mass is 10.1. The van der Waals surface area contributed by atoms with E-state index >= 15 is 0 Å². The van der Waals surface area contributed by atoms with E-state index in [2.05, 4.69) is 5.32 Å². The van der Waals surface area contributed by atoms with Crippen molar-refractivity contribution < 1.29 is 9.59 Å². The summed E-state index contributed by atoms with van der Waals surface area (Å²) in [6.07, 6.45) is 0.285. The molecule has 1 saturated heterocycles. The summed E-state index contributed by atoms with van der Waals surface area (Å²) in [6.45, 7) is 2.19. The molecule has 2 rings (SSSR count). The van der Waals surface area contributed by atoms with E-state index in [1.54, 1.807) is 12.1 Å². The van der Waals surface area contributed by atoms with E-state index in [-0.39, 0.29) is 12.3 Å². The Labute approximate surface area is 104 Å². The maximum absolute atomic E-state index is 11.7. The third-order valence-electron chi connectivity index (χ3n) is 2.66. The lowest BCUT2D eigenvalue weighted by Gasteiger charge is -2.28. The van der Waals surface area contributed by atoms with Crippen LogP contribution in [-0.4, -0.2) is 18.5 Å². The molecule has 3 amide bonds. The molecule has 1 heterocycles. The van der Waals surface area contributed by atoms with Gasteiger partial charge in [0.25, 0.3) is 0 Å². The number of carbonyl (C=O) groups excluding carboxylic acids is 2. The summed E-state index contributed by atoms with van der Waals surface area (Å²) in [5, 5.41) is 2.72. The van der Waals surface area contributed by atoms with E-state index in [4.69, 9.17) is 17.3 Å². The number of hydrogen-bond donors (Lipinski definition) is 2. The molecule has 90 valence electrons. The Morgan fingerprint density at radius 1 is 1.41 bits per heavy atom. The van der Waals surface area contributed by atoms with Gasteiger partial charge in [-0.25, -0.2) is 4.79 Å². The number of aryl methyl sites for hydroxylation is 1. The van der Waals surface area contributed by atoms with Crippen LogP contribution in [0.15, 0.2) is 12.1 Å². The summed E-state index contributed by atoms with van der Waals surface area (Å²) in [6, 6.07) is 2.93. The second-order valence-corrected chi connectivity index (χ2v) is 4.32. The lowest BCUT2D eigenvalue weighted by Crippen LogP contribution is -2.49. The second kappa shape index (κ2) is 4.25. The topological polar surface area (TPSA) is 75.4 Å². The minimum atomic E-state index is -0.425. The Bertz CT molecular complexity index is 502. The maximum atomic E-state index is 11.7. The molecule has 0 radical (unpaired) electrons. The van der Waals surface area contributed by atoms with Crippen molar-refractivity contribution in [3.05, 3.63) is 22.7 Å². The highest BCUT2D eigenvalue weighted by molar-refractivity contribution is 6.33. The van der Waals surface area contributed by atoms with E-state index in [1.807, 2.05) is 6.92 Å². The summed E-state index contributed by atoms with van der Waals surface area (Å²) in [7, 11) is 0. The monoisotopic (exact) mass is 253 g/mol. The number of urea groups is 1. The smallest absolute Gasteiger partial charge is 0.328 e. The zero-order valence-corrected chi connectivity index (χ0v) is 10.0. The molecule has 6 heteroatoms. The fraction of sp³-hybridized carbons (Fsp3) is 0.273. The van der Waals surface area contributed by atoms with Gasteiger partial charge in [0.05, 0.1) is 16.4 Å². The van der Waals surface area contributed by atoms with Crippen LogP contribution in [0.3, 0.4) is 0 Å². The van der Waals surface area contributed by atoms with Crippen LogP contribution in [0.25, 0.3) is 0 Å². The number of halogens is 1. The van der Waals surface area contributed by atoms with Crippen molar-refractivity contribution in [2.24, 2.45) is 0 Å². The molecule has 1 aromatic rings. The van der Waals surface area contributed by atoms with Gasteiger partial charge in [0.1, 0.15) is 0 Å². The molecule has 3 N–H and O–H groups in total. The van der Waals surface area contributed by atoms with Gasteiger partial charge in [0, 0.05) is 13.0 Å². The SMILES string of the molecule is Cc1cc(Cl)c(N)cc1N1CCC(=O)NC1=O. The van der Waals surface area contributed by atoms with E-state index in [0.29, 0.717) is 22.9 Å². The number of amides is 3. The highest BCUT2D eigenvalue weighted by atomic mass is 35.5. The largest absolute Gasteiger partial charge is 0.397 e. The number of carbonyl (C=O) groups is 2. The van der Waals surface area contributed by atoms with Crippen molar-refractivity contribution in [2.75, 3.05) is 17.2 Å². The molecule has 5 nitrogen and oxygen atoms in total. The molecule has 1 aromatic carbocycles. The van der Waals surface area contributed by atoms with E-state index < -0.39 is 6.03 Å². The molecule has 1 aliphatic heterocycles. The van der Waals surface area contributed by atoms with Gasteiger partial charge in [-0.3, -0.25) is 15.0 Å². The standard InChI is InChI=1S/C11H12ClN3O2/c1-6-4-7(12)8(13)5-9(6)15-3-2-10(16)14-11(15)17/h4-5H,2-3,13H2,1H3,(H,14,16,17). The zero-order chi connectivity index (χ0) is 12.6. The predicted octanol–water partition coefficient (Wildman–Crippen LogP) is 1.68. The Balaban J connectivity index is 2.37. The molecular weight excluding hydrogens is 242 g/mol. The fourth-order valence-corrected chi connectivity index (χ4v) is 1.98. The van der Waals surface area contributed by atoms with Crippen LogP contribution < -0.4 is 16.0 Å². The number of anilines is 2. The normalized spacial score (nSPS) is 16.0. The minimum absolute atomic E-state index is 0.258. The first-order chi connectivity index (χ1) is 7.99. The van der Waals surface area contributed by atoms with Gasteiger partial charge in [-0.05, 0) is 24.6 Å². The molecule has 0 spiro atoms. The number of imide groups is 1. The molecule has 17 heavy (non-hydrogen) atoms. The number of nitrogens with two attached hydrogens (primary N) is 1. The van der Waals surface area contributed by atoms with Crippen LogP contribution in [0.1, 0.15) is 12.0 Å². The number of benzene rings is 1. The molecule has 0 saturated carbocycles. The average molecular weight is 254 g/mol. The van der Waals surface area contributed by atoms with Crippen LogP contribution >= 0.6 is 11.6 Å². The van der Waals surface area contributed by atoms with Gasteiger partial charge in [-0.2, -0.15) is 0 Å². The van der Waals surface area contributed by atoms with E-state index in [1.165, 1.54) is 4.90 Å². The van der Waals surface area contributed by atoms with Crippen molar-refractivity contribution in [2.45, 2.75) is 13.3 Å². The van der Waals surface area contributed by atoms with Gasteiger partial charge in [0.15, 0.2) is 0 Å². The van der Waals surface area contributed by atoms with Crippen molar-refractivity contribution in [1.82, 2.24) is 5.32 Å². The first-order valence-electron chi connectivity index (χ1n) is 5.16. The quantitative estimate of drug-likeness (QED) is 0.748. The summed E-state index contributed by atoms with van der Waals surface area (Å²) in [5.74, 6) is -0.258. The third kappa shape index (κ3) is 2.19. The molecular formula is C11H12ClN3O2. The maximum Gasteiger partial charge on any atom is 0.328 e. The van der Waals surface area contributed by atoms with Crippen molar-refractivity contribution in [3.8, 4) is 0 Å². The van der Waals surface area contributed by atoms with Crippen LogP contribution in [-0.2, 0) is 4.79 Å². The predicted molar refractivity (Wildman–Crippen MR) is 66.1 cm³/mol. The Hall–Kier alpha value is -1.75. The Kier molecular flexibility index (Phi) is 2.93. The lowest BCUT2D eigenvalue weighted by molar-refractivity contribution is -0.120.